The van der Waals surface area contributed by atoms with E-state index in [0.717, 1.165) is 11.3 Å². The molecule has 2 aromatic heterocycles. The Morgan fingerprint density at radius 2 is 1.66 bits per heavy atom. The van der Waals surface area contributed by atoms with Crippen LogP contribution in [0.4, 0.5) is 10.3 Å². The highest BCUT2D eigenvalue weighted by Gasteiger charge is 2.24. The van der Waals surface area contributed by atoms with Crippen molar-refractivity contribution in [2.45, 2.75) is 12.1 Å². The number of carbonyl (C=O) groups is 1. The van der Waals surface area contributed by atoms with Crippen molar-refractivity contribution in [3.8, 4) is 17.1 Å². The van der Waals surface area contributed by atoms with Crippen LogP contribution in [-0.4, -0.2) is 67.5 Å². The first-order valence-corrected chi connectivity index (χ1v) is 12.3. The smallest absolute Gasteiger partial charge is 0.233 e. The third-order valence-electron chi connectivity index (χ3n) is 5.83. The first-order chi connectivity index (χ1) is 17.1. The fourth-order valence-electron chi connectivity index (χ4n) is 3.93. The van der Waals surface area contributed by atoms with Gasteiger partial charge >= 0.3 is 0 Å². The Balaban J connectivity index is 1.32. The summed E-state index contributed by atoms with van der Waals surface area (Å²) in [6.45, 7) is 4.56. The summed E-state index contributed by atoms with van der Waals surface area (Å²) >= 11 is 1.30. The van der Waals surface area contributed by atoms with E-state index < -0.39 is 0 Å². The van der Waals surface area contributed by atoms with Gasteiger partial charge in [0.25, 0.3) is 0 Å². The molecule has 35 heavy (non-hydrogen) atoms. The number of benzene rings is 2. The van der Waals surface area contributed by atoms with Crippen LogP contribution in [0.3, 0.4) is 0 Å². The molecule has 0 atom stereocenters. The maximum atomic E-state index is 14.6. The van der Waals surface area contributed by atoms with Gasteiger partial charge < -0.3 is 9.80 Å². The summed E-state index contributed by atoms with van der Waals surface area (Å²) in [4.78, 5) is 25.5. The van der Waals surface area contributed by atoms with Gasteiger partial charge in [0.2, 0.25) is 11.9 Å². The van der Waals surface area contributed by atoms with Crippen molar-refractivity contribution in [1.82, 2.24) is 29.6 Å². The number of hydrogen-bond acceptors (Lipinski definition) is 7. The van der Waals surface area contributed by atoms with E-state index in [9.17, 15) is 9.18 Å². The Kier molecular flexibility index (Phi) is 6.71. The van der Waals surface area contributed by atoms with Crippen molar-refractivity contribution < 1.29 is 9.18 Å². The number of hydrogen-bond donors (Lipinski definition) is 0. The maximum absolute atomic E-state index is 14.6. The van der Waals surface area contributed by atoms with E-state index in [1.165, 1.54) is 17.8 Å². The number of nitrogens with zero attached hydrogens (tertiary/aromatic N) is 7. The molecule has 2 aromatic carbocycles. The second-order valence-electron chi connectivity index (χ2n) is 8.16. The van der Waals surface area contributed by atoms with E-state index >= 15 is 0 Å². The number of anilines is 1. The van der Waals surface area contributed by atoms with Crippen LogP contribution in [0.1, 0.15) is 5.56 Å². The summed E-state index contributed by atoms with van der Waals surface area (Å²) in [5, 5.41) is 9.14. The normalized spacial score (nSPS) is 13.8. The fraction of sp³-hybridized carbons (Fsp3) is 0.240. The molecule has 0 N–H and O–H groups in total. The van der Waals surface area contributed by atoms with Gasteiger partial charge in [-0.2, -0.15) is 0 Å². The van der Waals surface area contributed by atoms with Crippen molar-refractivity contribution in [2.24, 2.45) is 0 Å². The number of halogens is 1. The zero-order valence-corrected chi connectivity index (χ0v) is 20.0. The molecule has 0 bridgehead atoms. The molecule has 1 aliphatic heterocycles. The molecule has 5 rings (SSSR count). The number of aromatic nitrogens is 5. The lowest BCUT2D eigenvalue weighted by atomic mass is 10.2. The third-order valence-corrected chi connectivity index (χ3v) is 6.75. The van der Waals surface area contributed by atoms with E-state index in [-0.39, 0.29) is 17.5 Å². The number of aryl methyl sites for hydroxylation is 1. The van der Waals surface area contributed by atoms with E-state index in [1.807, 2.05) is 36.1 Å². The van der Waals surface area contributed by atoms with Crippen molar-refractivity contribution in [1.29, 1.82) is 0 Å². The zero-order valence-electron chi connectivity index (χ0n) is 19.2. The highest BCUT2D eigenvalue weighted by Crippen LogP contribution is 2.29. The third kappa shape index (κ3) is 5.02. The van der Waals surface area contributed by atoms with Crippen LogP contribution < -0.4 is 4.90 Å². The molecule has 10 heteroatoms. The number of carbonyl (C=O) groups excluding carboxylic acids is 1. The van der Waals surface area contributed by atoms with E-state index in [4.69, 9.17) is 0 Å². The first kappa shape index (κ1) is 23.0. The molecule has 1 amide bonds. The van der Waals surface area contributed by atoms with Crippen LogP contribution in [0.15, 0.2) is 72.1 Å². The van der Waals surface area contributed by atoms with E-state index in [0.29, 0.717) is 48.7 Å². The molecule has 0 aliphatic carbocycles. The lowest BCUT2D eigenvalue weighted by Crippen LogP contribution is -2.49. The Morgan fingerprint density at radius 1 is 0.943 bits per heavy atom. The molecule has 3 heterocycles. The Labute approximate surface area is 206 Å². The lowest BCUT2D eigenvalue weighted by Gasteiger charge is -2.34. The largest absolute Gasteiger partial charge is 0.338 e. The quantitative estimate of drug-likeness (QED) is 0.383. The zero-order chi connectivity index (χ0) is 24.2. The SMILES string of the molecule is Cc1ccc(-n2c(SCC(=O)N3CCN(c4ncccn4)CC3)nnc2-c2ccccc2F)cc1. The molecule has 8 nitrogen and oxygen atoms in total. The number of amides is 1. The van der Waals surface area contributed by atoms with Crippen LogP contribution in [0.2, 0.25) is 0 Å². The van der Waals surface area contributed by atoms with E-state index in [2.05, 4.69) is 25.1 Å². The van der Waals surface area contributed by atoms with Gasteiger partial charge in [0.15, 0.2) is 11.0 Å². The first-order valence-electron chi connectivity index (χ1n) is 11.3. The summed E-state index contributed by atoms with van der Waals surface area (Å²) in [6.07, 6.45) is 3.44. The summed E-state index contributed by atoms with van der Waals surface area (Å²) in [5.41, 5.74) is 2.28. The van der Waals surface area contributed by atoms with Crippen LogP contribution in [-0.2, 0) is 4.79 Å². The summed E-state index contributed by atoms with van der Waals surface area (Å²) in [7, 11) is 0. The molecule has 1 fully saturated rings. The van der Waals surface area contributed by atoms with Crippen molar-refractivity contribution in [3.63, 3.8) is 0 Å². The summed E-state index contributed by atoms with van der Waals surface area (Å²) in [6, 6.07) is 16.1. The molecule has 178 valence electrons. The summed E-state index contributed by atoms with van der Waals surface area (Å²) < 4.78 is 16.4. The molecule has 1 aliphatic rings. The number of thioether (sulfide) groups is 1. The predicted molar refractivity (Wildman–Crippen MR) is 133 cm³/mol. The van der Waals surface area contributed by atoms with Gasteiger partial charge in [-0.05, 0) is 37.3 Å². The van der Waals surface area contributed by atoms with Crippen LogP contribution >= 0.6 is 11.8 Å². The lowest BCUT2D eigenvalue weighted by molar-refractivity contribution is -0.128. The van der Waals surface area contributed by atoms with Gasteiger partial charge in [0.1, 0.15) is 5.82 Å². The highest BCUT2D eigenvalue weighted by molar-refractivity contribution is 7.99. The van der Waals surface area contributed by atoms with Crippen molar-refractivity contribution in [2.75, 3.05) is 36.8 Å². The van der Waals surface area contributed by atoms with E-state index in [1.54, 1.807) is 41.2 Å². The van der Waals surface area contributed by atoms with Gasteiger partial charge in [0.05, 0.1) is 11.3 Å². The number of piperazine rings is 1. The second-order valence-corrected chi connectivity index (χ2v) is 9.10. The molecule has 0 spiro atoms. The van der Waals surface area contributed by atoms with Gasteiger partial charge in [-0.3, -0.25) is 9.36 Å². The minimum atomic E-state index is -0.374. The second kappa shape index (κ2) is 10.2. The van der Waals surface area contributed by atoms with Crippen LogP contribution in [0.25, 0.3) is 17.1 Å². The Bertz CT molecular complexity index is 1310. The molecule has 0 unspecified atom stereocenters. The Morgan fingerprint density at radius 3 is 2.37 bits per heavy atom. The monoisotopic (exact) mass is 489 g/mol. The molecular weight excluding hydrogens is 465 g/mol. The maximum Gasteiger partial charge on any atom is 0.233 e. The van der Waals surface area contributed by atoms with Crippen molar-refractivity contribution in [3.05, 3.63) is 78.4 Å². The topological polar surface area (TPSA) is 80.0 Å². The Hall–Kier alpha value is -3.79. The standard InChI is InChI=1S/C25H24FN7OS/c1-18-7-9-19(10-8-18)33-23(20-5-2-3-6-21(20)26)29-30-25(33)35-17-22(34)31-13-15-32(16-14-31)24-27-11-4-12-28-24/h2-12H,13-17H2,1H3. The van der Waals surface area contributed by atoms with Gasteiger partial charge in [0, 0.05) is 44.3 Å². The average molecular weight is 490 g/mol. The molecule has 0 radical (unpaired) electrons. The van der Waals surface area contributed by atoms with Crippen LogP contribution in [0, 0.1) is 12.7 Å². The minimum absolute atomic E-state index is 0.0227. The van der Waals surface area contributed by atoms with Crippen LogP contribution in [0.5, 0.6) is 0 Å². The average Bonchev–Trinajstić information content (AvgIpc) is 3.32. The van der Waals surface area contributed by atoms with Crippen molar-refractivity contribution >= 4 is 23.6 Å². The highest BCUT2D eigenvalue weighted by atomic mass is 32.2. The molecule has 0 saturated carbocycles. The van der Waals surface area contributed by atoms with Gasteiger partial charge in [-0.25, -0.2) is 14.4 Å². The molecule has 1 saturated heterocycles. The van der Waals surface area contributed by atoms with Gasteiger partial charge in [-0.15, -0.1) is 10.2 Å². The number of rotatable bonds is 6. The molecule has 4 aromatic rings. The summed E-state index contributed by atoms with van der Waals surface area (Å²) in [5.74, 6) is 0.943. The van der Waals surface area contributed by atoms with Gasteiger partial charge in [-0.1, -0.05) is 41.6 Å². The minimum Gasteiger partial charge on any atom is -0.338 e. The predicted octanol–water partition coefficient (Wildman–Crippen LogP) is 3.61. The fourth-order valence-corrected chi connectivity index (χ4v) is 4.79. The molecular formula is C25H24FN7OS.